The van der Waals surface area contributed by atoms with Crippen molar-refractivity contribution in [2.24, 2.45) is 0 Å². The van der Waals surface area contributed by atoms with E-state index in [-0.39, 0.29) is 18.4 Å². The molecular formula is C21H27N3O4. The predicted octanol–water partition coefficient (Wildman–Crippen LogP) is 2.52. The molecule has 0 bridgehead atoms. The Morgan fingerprint density at radius 1 is 1.04 bits per heavy atom. The normalized spacial score (nSPS) is 10.5. The molecule has 2 aromatic rings. The maximum Gasteiger partial charge on any atom is 0.251 e. The minimum Gasteiger partial charge on any atom is -0.493 e. The number of benzene rings is 2. The Hall–Kier alpha value is -3.06. The molecule has 0 heterocycles. The number of nitrogens with zero attached hydrogens (tertiary/aromatic N) is 1. The SMILES string of the molecule is CCNC(=O)c1cccc(NC(=O)CN(C)Cc2ccc(OC)c(OC)c2)c1. The molecule has 2 amide bonds. The Kier molecular flexibility index (Phi) is 7.83. The Balaban J connectivity index is 1.94. The summed E-state index contributed by atoms with van der Waals surface area (Å²) in [6, 6.07) is 12.5. The first-order chi connectivity index (χ1) is 13.5. The number of hydrogen-bond acceptors (Lipinski definition) is 5. The van der Waals surface area contributed by atoms with Crippen LogP contribution in [0.25, 0.3) is 0 Å². The minimum atomic E-state index is -0.163. The lowest BCUT2D eigenvalue weighted by Crippen LogP contribution is -2.30. The van der Waals surface area contributed by atoms with Gasteiger partial charge < -0.3 is 20.1 Å². The highest BCUT2D eigenvalue weighted by atomic mass is 16.5. The number of likely N-dealkylation sites (N-methyl/N-ethyl adjacent to an activating group) is 1. The van der Waals surface area contributed by atoms with E-state index in [0.29, 0.717) is 35.8 Å². The van der Waals surface area contributed by atoms with Crippen LogP contribution in [-0.2, 0) is 11.3 Å². The first kappa shape index (κ1) is 21.2. The zero-order chi connectivity index (χ0) is 20.5. The van der Waals surface area contributed by atoms with Crippen LogP contribution in [0.2, 0.25) is 0 Å². The lowest BCUT2D eigenvalue weighted by molar-refractivity contribution is -0.117. The summed E-state index contributed by atoms with van der Waals surface area (Å²) in [7, 11) is 5.05. The average molecular weight is 385 g/mol. The number of hydrogen-bond donors (Lipinski definition) is 2. The van der Waals surface area contributed by atoms with Gasteiger partial charge in [-0.1, -0.05) is 12.1 Å². The monoisotopic (exact) mass is 385 g/mol. The number of carbonyl (C=O) groups is 2. The molecule has 0 aliphatic carbocycles. The molecule has 0 unspecified atom stereocenters. The van der Waals surface area contributed by atoms with Gasteiger partial charge in [-0.25, -0.2) is 0 Å². The van der Waals surface area contributed by atoms with Crippen molar-refractivity contribution < 1.29 is 19.1 Å². The molecule has 0 aliphatic rings. The van der Waals surface area contributed by atoms with E-state index < -0.39 is 0 Å². The number of rotatable bonds is 9. The van der Waals surface area contributed by atoms with Crippen LogP contribution < -0.4 is 20.1 Å². The zero-order valence-electron chi connectivity index (χ0n) is 16.7. The zero-order valence-corrected chi connectivity index (χ0v) is 16.7. The van der Waals surface area contributed by atoms with Crippen LogP contribution in [0.4, 0.5) is 5.69 Å². The number of ether oxygens (including phenoxy) is 2. The molecule has 0 saturated carbocycles. The van der Waals surface area contributed by atoms with Gasteiger partial charge in [0.1, 0.15) is 0 Å². The number of carbonyl (C=O) groups excluding carboxylic acids is 2. The molecule has 0 radical (unpaired) electrons. The fraction of sp³-hybridized carbons (Fsp3) is 0.333. The predicted molar refractivity (Wildman–Crippen MR) is 109 cm³/mol. The smallest absolute Gasteiger partial charge is 0.251 e. The second-order valence-corrected chi connectivity index (χ2v) is 6.35. The van der Waals surface area contributed by atoms with Crippen molar-refractivity contribution in [1.29, 1.82) is 0 Å². The van der Waals surface area contributed by atoms with Crippen LogP contribution in [0, 0.1) is 0 Å². The van der Waals surface area contributed by atoms with E-state index in [0.717, 1.165) is 5.56 Å². The summed E-state index contributed by atoms with van der Waals surface area (Å²) in [5.74, 6) is 0.999. The minimum absolute atomic E-state index is 0.156. The highest BCUT2D eigenvalue weighted by molar-refractivity contribution is 5.97. The summed E-state index contributed by atoms with van der Waals surface area (Å²) in [4.78, 5) is 26.1. The molecule has 0 atom stereocenters. The van der Waals surface area contributed by atoms with Crippen LogP contribution in [0.15, 0.2) is 42.5 Å². The van der Waals surface area contributed by atoms with Crippen LogP contribution in [0.1, 0.15) is 22.8 Å². The third-order valence-corrected chi connectivity index (χ3v) is 4.06. The van der Waals surface area contributed by atoms with Gasteiger partial charge in [-0.05, 0) is 49.9 Å². The molecule has 28 heavy (non-hydrogen) atoms. The Bertz CT molecular complexity index is 823. The quantitative estimate of drug-likeness (QED) is 0.693. The molecular weight excluding hydrogens is 358 g/mol. The van der Waals surface area contributed by atoms with Gasteiger partial charge in [0.05, 0.1) is 20.8 Å². The Morgan fingerprint density at radius 2 is 1.79 bits per heavy atom. The summed E-state index contributed by atoms with van der Waals surface area (Å²) < 4.78 is 10.5. The van der Waals surface area contributed by atoms with Gasteiger partial charge >= 0.3 is 0 Å². The van der Waals surface area contributed by atoms with Crippen molar-refractivity contribution in [3.05, 3.63) is 53.6 Å². The summed E-state index contributed by atoms with van der Waals surface area (Å²) in [6.45, 7) is 3.20. The van der Waals surface area contributed by atoms with Crippen LogP contribution in [0.3, 0.4) is 0 Å². The summed E-state index contributed by atoms with van der Waals surface area (Å²) in [5.41, 5.74) is 2.11. The van der Waals surface area contributed by atoms with Gasteiger partial charge in [-0.15, -0.1) is 0 Å². The maximum absolute atomic E-state index is 12.3. The molecule has 7 nitrogen and oxygen atoms in total. The first-order valence-corrected chi connectivity index (χ1v) is 9.04. The van der Waals surface area contributed by atoms with Gasteiger partial charge in [0.25, 0.3) is 5.91 Å². The maximum atomic E-state index is 12.3. The van der Waals surface area contributed by atoms with Crippen LogP contribution >= 0.6 is 0 Å². The topological polar surface area (TPSA) is 79.9 Å². The third-order valence-electron chi connectivity index (χ3n) is 4.06. The first-order valence-electron chi connectivity index (χ1n) is 9.04. The highest BCUT2D eigenvalue weighted by Crippen LogP contribution is 2.27. The molecule has 0 aliphatic heterocycles. The van der Waals surface area contributed by atoms with E-state index in [1.165, 1.54) is 0 Å². The molecule has 0 spiro atoms. The van der Waals surface area contributed by atoms with Crippen molar-refractivity contribution in [2.45, 2.75) is 13.5 Å². The molecule has 0 aromatic heterocycles. The van der Waals surface area contributed by atoms with Crippen molar-refractivity contribution in [3.8, 4) is 11.5 Å². The molecule has 2 rings (SSSR count). The van der Waals surface area contributed by atoms with E-state index in [1.54, 1.807) is 38.5 Å². The lowest BCUT2D eigenvalue weighted by atomic mass is 10.2. The van der Waals surface area contributed by atoms with Crippen LogP contribution in [-0.4, -0.2) is 51.1 Å². The number of anilines is 1. The Morgan fingerprint density at radius 3 is 2.46 bits per heavy atom. The van der Waals surface area contributed by atoms with Gasteiger partial charge in [-0.2, -0.15) is 0 Å². The van der Waals surface area contributed by atoms with E-state index >= 15 is 0 Å². The number of methoxy groups -OCH3 is 2. The standard InChI is InChI=1S/C21H27N3O4/c1-5-22-21(26)16-7-6-8-17(12-16)23-20(25)14-24(2)13-15-9-10-18(27-3)19(11-15)28-4/h6-12H,5,13-14H2,1-4H3,(H,22,26)(H,23,25). The fourth-order valence-corrected chi connectivity index (χ4v) is 2.79. The molecule has 0 saturated heterocycles. The third kappa shape index (κ3) is 5.99. The summed E-state index contributed by atoms with van der Waals surface area (Å²) in [6.07, 6.45) is 0. The summed E-state index contributed by atoms with van der Waals surface area (Å²) >= 11 is 0. The van der Waals surface area contributed by atoms with Crippen molar-refractivity contribution in [1.82, 2.24) is 10.2 Å². The molecule has 7 heteroatoms. The number of amides is 2. The fourth-order valence-electron chi connectivity index (χ4n) is 2.79. The second-order valence-electron chi connectivity index (χ2n) is 6.35. The summed E-state index contributed by atoms with van der Waals surface area (Å²) in [5, 5.41) is 5.57. The van der Waals surface area contributed by atoms with Gasteiger partial charge in [0.15, 0.2) is 11.5 Å². The number of nitrogens with one attached hydrogen (secondary N) is 2. The van der Waals surface area contributed by atoms with E-state index in [9.17, 15) is 9.59 Å². The van der Waals surface area contributed by atoms with Gasteiger partial charge in [-0.3, -0.25) is 14.5 Å². The van der Waals surface area contributed by atoms with Gasteiger partial charge in [0.2, 0.25) is 5.91 Å². The van der Waals surface area contributed by atoms with E-state index in [2.05, 4.69) is 10.6 Å². The largest absolute Gasteiger partial charge is 0.493 e. The van der Waals surface area contributed by atoms with Crippen LogP contribution in [0.5, 0.6) is 11.5 Å². The van der Waals surface area contributed by atoms with Crippen molar-refractivity contribution in [3.63, 3.8) is 0 Å². The van der Waals surface area contributed by atoms with Gasteiger partial charge in [0, 0.05) is 24.3 Å². The lowest BCUT2D eigenvalue weighted by Gasteiger charge is -2.17. The second kappa shape index (κ2) is 10.3. The Labute approximate surface area is 165 Å². The molecule has 0 fully saturated rings. The van der Waals surface area contributed by atoms with Crippen molar-refractivity contribution >= 4 is 17.5 Å². The van der Waals surface area contributed by atoms with E-state index in [1.807, 2.05) is 37.1 Å². The highest BCUT2D eigenvalue weighted by Gasteiger charge is 2.11. The van der Waals surface area contributed by atoms with Crippen molar-refractivity contribution in [2.75, 3.05) is 39.7 Å². The molecule has 150 valence electrons. The molecule has 2 N–H and O–H groups in total. The van der Waals surface area contributed by atoms with E-state index in [4.69, 9.17) is 9.47 Å². The average Bonchev–Trinajstić information content (AvgIpc) is 2.68. The molecule has 2 aromatic carbocycles.